The van der Waals surface area contributed by atoms with Gasteiger partial charge in [0.25, 0.3) is 5.91 Å². The number of benzene rings is 3. The average molecular weight is 519 g/mol. The largest absolute Gasteiger partial charge is 0.497 e. The molecule has 1 amide bonds. The van der Waals surface area contributed by atoms with E-state index in [0.717, 1.165) is 47.4 Å². The summed E-state index contributed by atoms with van der Waals surface area (Å²) >= 11 is 0. The topological polar surface area (TPSA) is 60.4 Å². The van der Waals surface area contributed by atoms with Crippen LogP contribution >= 0.6 is 0 Å². The fourth-order valence-corrected chi connectivity index (χ4v) is 5.14. The van der Waals surface area contributed by atoms with Crippen LogP contribution in [0.3, 0.4) is 0 Å². The number of nitrogens with zero attached hydrogens (tertiary/aromatic N) is 2. The maximum atomic E-state index is 13.8. The first-order valence-electron chi connectivity index (χ1n) is 12.4. The average Bonchev–Trinajstić information content (AvgIpc) is 3.33. The van der Waals surface area contributed by atoms with Gasteiger partial charge >= 0.3 is 6.61 Å². The van der Waals surface area contributed by atoms with Gasteiger partial charge in [0.15, 0.2) is 0 Å². The van der Waals surface area contributed by atoms with Crippen molar-refractivity contribution in [3.63, 3.8) is 0 Å². The van der Waals surface area contributed by atoms with Crippen LogP contribution in [0.15, 0.2) is 83.5 Å². The van der Waals surface area contributed by atoms with E-state index in [1.807, 2.05) is 48.5 Å². The lowest BCUT2D eigenvalue weighted by Crippen LogP contribution is -2.32. The highest BCUT2D eigenvalue weighted by Gasteiger charge is 2.44. The highest BCUT2D eigenvalue weighted by molar-refractivity contribution is 6.09. The van der Waals surface area contributed by atoms with Crippen LogP contribution < -0.4 is 14.2 Å². The van der Waals surface area contributed by atoms with Crippen molar-refractivity contribution >= 4 is 17.7 Å². The van der Waals surface area contributed by atoms with E-state index in [-0.39, 0.29) is 29.2 Å². The smallest absolute Gasteiger partial charge is 0.387 e. The van der Waals surface area contributed by atoms with E-state index in [4.69, 9.17) is 14.6 Å². The zero-order valence-corrected chi connectivity index (χ0v) is 21.1. The van der Waals surface area contributed by atoms with Crippen LogP contribution in [0.4, 0.5) is 8.78 Å². The number of halogens is 2. The monoisotopic (exact) mass is 518 g/mol. The van der Waals surface area contributed by atoms with Gasteiger partial charge < -0.3 is 14.2 Å². The van der Waals surface area contributed by atoms with Gasteiger partial charge in [0.2, 0.25) is 0 Å². The molecule has 1 aliphatic carbocycles. The zero-order valence-electron chi connectivity index (χ0n) is 21.1. The van der Waals surface area contributed by atoms with Crippen LogP contribution in [0.2, 0.25) is 0 Å². The molecule has 0 radical (unpaired) electrons. The van der Waals surface area contributed by atoms with E-state index in [1.165, 1.54) is 23.2 Å². The van der Waals surface area contributed by atoms with Gasteiger partial charge in [-0.3, -0.25) is 4.79 Å². The third-order valence-electron chi connectivity index (χ3n) is 6.93. The van der Waals surface area contributed by atoms with Gasteiger partial charge in [0.05, 0.1) is 26.0 Å². The molecule has 0 saturated heterocycles. The summed E-state index contributed by atoms with van der Waals surface area (Å²) in [5, 5.41) is 6.37. The maximum absolute atomic E-state index is 13.8. The molecule has 1 heterocycles. The van der Waals surface area contributed by atoms with E-state index >= 15 is 0 Å². The lowest BCUT2D eigenvalue weighted by Gasteiger charge is -2.29. The number of allylic oxidation sites excluding steroid dienone is 1. The van der Waals surface area contributed by atoms with E-state index in [2.05, 4.69) is 10.8 Å². The van der Waals surface area contributed by atoms with Gasteiger partial charge in [-0.15, -0.1) is 0 Å². The van der Waals surface area contributed by atoms with Gasteiger partial charge in [-0.25, -0.2) is 5.01 Å². The highest BCUT2D eigenvalue weighted by atomic mass is 19.3. The number of amides is 1. The van der Waals surface area contributed by atoms with Crippen LogP contribution in [0.1, 0.15) is 46.8 Å². The Morgan fingerprint density at radius 2 is 1.66 bits per heavy atom. The van der Waals surface area contributed by atoms with Crippen LogP contribution in [-0.2, 0) is 0 Å². The minimum Gasteiger partial charge on any atom is -0.497 e. The molecule has 5 rings (SSSR count). The Morgan fingerprint density at radius 1 is 0.974 bits per heavy atom. The molecule has 1 fully saturated rings. The molecule has 1 aliphatic heterocycles. The molecule has 0 N–H and O–H groups in total. The Hall–Kier alpha value is -4.20. The second kappa shape index (κ2) is 11.0. The number of alkyl halides is 2. The molecule has 3 aromatic carbocycles. The van der Waals surface area contributed by atoms with Crippen molar-refractivity contribution < 1.29 is 27.8 Å². The normalized spacial score (nSPS) is 19.8. The number of rotatable bonds is 7. The van der Waals surface area contributed by atoms with Gasteiger partial charge in [-0.1, -0.05) is 30.3 Å². The molecule has 8 heteroatoms. The first-order valence-corrected chi connectivity index (χ1v) is 12.4. The molecule has 196 valence electrons. The second-order valence-corrected chi connectivity index (χ2v) is 9.20. The van der Waals surface area contributed by atoms with Crippen LogP contribution in [0, 0.1) is 5.92 Å². The minimum absolute atomic E-state index is 0.00825. The van der Waals surface area contributed by atoms with Crippen LogP contribution in [0.25, 0.3) is 6.08 Å². The van der Waals surface area contributed by atoms with Gasteiger partial charge in [-0.2, -0.15) is 13.9 Å². The number of methoxy groups -OCH3 is 2. The lowest BCUT2D eigenvalue weighted by molar-refractivity contribution is -0.0499. The van der Waals surface area contributed by atoms with Crippen molar-refractivity contribution in [1.82, 2.24) is 5.01 Å². The second-order valence-electron chi connectivity index (χ2n) is 9.20. The fourth-order valence-electron chi connectivity index (χ4n) is 5.14. The SMILES string of the molecule is COc1ccc(/C=C2\CCCC3C2=NN(C(=O)c2cccc(OC(F)F)c2)C3c2ccc(OC)cc2)cc1. The Labute approximate surface area is 220 Å². The van der Waals surface area contributed by atoms with Crippen molar-refractivity contribution in [3.05, 3.63) is 95.1 Å². The summed E-state index contributed by atoms with van der Waals surface area (Å²) in [6.45, 7) is -2.98. The van der Waals surface area contributed by atoms with Gasteiger partial charge in [0.1, 0.15) is 17.2 Å². The number of carbonyl (C=O) groups is 1. The van der Waals surface area contributed by atoms with Crippen LogP contribution in [0.5, 0.6) is 17.2 Å². The molecule has 38 heavy (non-hydrogen) atoms. The molecule has 0 bridgehead atoms. The first kappa shape index (κ1) is 25.4. The van der Waals surface area contributed by atoms with Gasteiger partial charge in [-0.05, 0) is 84.5 Å². The molecule has 2 atom stereocenters. The van der Waals surface area contributed by atoms with E-state index in [0.29, 0.717) is 5.75 Å². The lowest BCUT2D eigenvalue weighted by atomic mass is 9.77. The van der Waals surface area contributed by atoms with Crippen LogP contribution in [-0.4, -0.2) is 37.5 Å². The maximum Gasteiger partial charge on any atom is 0.387 e. The molecule has 2 unspecified atom stereocenters. The predicted molar refractivity (Wildman–Crippen MR) is 141 cm³/mol. The Kier molecular flexibility index (Phi) is 7.40. The summed E-state index contributed by atoms with van der Waals surface area (Å²) in [4.78, 5) is 13.8. The molecular formula is C30H28F2N2O4. The van der Waals surface area contributed by atoms with Crippen molar-refractivity contribution in [2.45, 2.75) is 31.9 Å². The summed E-state index contributed by atoms with van der Waals surface area (Å²) in [7, 11) is 3.24. The Balaban J connectivity index is 1.54. The molecule has 1 saturated carbocycles. The third-order valence-corrected chi connectivity index (χ3v) is 6.93. The Bertz CT molecular complexity index is 1350. The summed E-state index contributed by atoms with van der Waals surface area (Å²) in [5.74, 6) is 1.03. The molecular weight excluding hydrogens is 490 g/mol. The number of ether oxygens (including phenoxy) is 3. The predicted octanol–water partition coefficient (Wildman–Crippen LogP) is 6.74. The molecule has 6 nitrogen and oxygen atoms in total. The van der Waals surface area contributed by atoms with Crippen molar-refractivity contribution in [2.24, 2.45) is 11.0 Å². The van der Waals surface area contributed by atoms with E-state index < -0.39 is 6.61 Å². The summed E-state index contributed by atoms with van der Waals surface area (Å²) in [5.41, 5.74) is 4.13. The molecule has 3 aromatic rings. The number of hydrazone groups is 1. The molecule has 2 aliphatic rings. The summed E-state index contributed by atoms with van der Waals surface area (Å²) in [6, 6.07) is 20.9. The van der Waals surface area contributed by atoms with Crippen molar-refractivity contribution in [2.75, 3.05) is 14.2 Å². The zero-order chi connectivity index (χ0) is 26.6. The number of hydrogen-bond acceptors (Lipinski definition) is 5. The van der Waals surface area contributed by atoms with Crippen molar-refractivity contribution in [3.8, 4) is 17.2 Å². The highest BCUT2D eigenvalue weighted by Crippen LogP contribution is 2.45. The van der Waals surface area contributed by atoms with E-state index in [9.17, 15) is 13.6 Å². The first-order chi connectivity index (χ1) is 18.5. The fraction of sp³-hybridized carbons (Fsp3) is 0.267. The minimum atomic E-state index is -2.98. The standard InChI is InChI=1S/C30H28F2N2O4/c1-36-23-13-9-19(10-14-23)17-21-5-4-8-26-27(21)33-34(28(26)20-11-15-24(37-2)16-12-20)29(35)22-6-3-7-25(18-22)38-30(31)32/h3,6-7,9-18,26,28,30H,4-5,8H2,1-2H3/b21-17+. The van der Waals surface area contributed by atoms with Gasteiger partial charge in [0, 0.05) is 11.5 Å². The summed E-state index contributed by atoms with van der Waals surface area (Å²) in [6.07, 6.45) is 4.78. The third kappa shape index (κ3) is 5.25. The number of carbonyl (C=O) groups excluding carboxylic acids is 1. The number of hydrogen-bond donors (Lipinski definition) is 0. The Morgan fingerprint density at radius 3 is 2.32 bits per heavy atom. The molecule has 0 aromatic heterocycles. The molecule has 0 spiro atoms. The van der Waals surface area contributed by atoms with Crippen molar-refractivity contribution in [1.29, 1.82) is 0 Å². The number of fused-ring (bicyclic) bond motifs is 1. The van der Waals surface area contributed by atoms with E-state index in [1.54, 1.807) is 20.3 Å². The quantitative estimate of drug-likeness (QED) is 0.348. The summed E-state index contributed by atoms with van der Waals surface area (Å²) < 4.78 is 40.7.